The first-order chi connectivity index (χ1) is 11.3. The SMILES string of the molecule is CC1(c2ccc(O)cc2)C(=O)N(c2ccc(Cl)c(Cl)c2)C(=O)N1N. The molecule has 1 atom stereocenters. The van der Waals surface area contributed by atoms with Crippen molar-refractivity contribution < 1.29 is 14.7 Å². The maximum atomic E-state index is 13.0. The number of nitrogens with zero attached hydrogens (tertiary/aromatic N) is 2. The van der Waals surface area contributed by atoms with Gasteiger partial charge in [0, 0.05) is 0 Å². The van der Waals surface area contributed by atoms with Gasteiger partial charge in [0.05, 0.1) is 15.7 Å². The van der Waals surface area contributed by atoms with Crippen molar-refractivity contribution in [3.05, 3.63) is 58.1 Å². The van der Waals surface area contributed by atoms with E-state index in [9.17, 15) is 14.7 Å². The summed E-state index contributed by atoms with van der Waals surface area (Å²) in [5.74, 6) is 5.43. The van der Waals surface area contributed by atoms with Crippen molar-refractivity contribution in [3.63, 3.8) is 0 Å². The lowest BCUT2D eigenvalue weighted by Crippen LogP contribution is -2.48. The molecule has 0 aliphatic carbocycles. The third-order valence-corrected chi connectivity index (χ3v) is 4.83. The number of imide groups is 1. The quantitative estimate of drug-likeness (QED) is 0.485. The molecule has 2 aromatic carbocycles. The number of hydrogen-bond donors (Lipinski definition) is 2. The van der Waals surface area contributed by atoms with E-state index >= 15 is 0 Å². The average Bonchev–Trinajstić information content (AvgIpc) is 2.73. The number of nitrogens with two attached hydrogens (primary N) is 1. The van der Waals surface area contributed by atoms with E-state index in [1.54, 1.807) is 12.1 Å². The molecule has 0 aromatic heterocycles. The molecule has 1 fully saturated rings. The van der Waals surface area contributed by atoms with Gasteiger partial charge in [-0.3, -0.25) is 4.79 Å². The Balaban J connectivity index is 2.09. The van der Waals surface area contributed by atoms with Crippen LogP contribution in [0.25, 0.3) is 0 Å². The Morgan fingerprint density at radius 1 is 1.04 bits per heavy atom. The predicted octanol–water partition coefficient (Wildman–Crippen LogP) is 3.26. The monoisotopic (exact) mass is 365 g/mol. The fraction of sp³-hybridized carbons (Fsp3) is 0.125. The van der Waals surface area contributed by atoms with E-state index in [0.717, 1.165) is 9.91 Å². The fourth-order valence-electron chi connectivity index (χ4n) is 2.61. The number of rotatable bonds is 2. The Bertz CT molecular complexity index is 841. The number of hydrazine groups is 1. The van der Waals surface area contributed by atoms with Crippen molar-refractivity contribution in [3.8, 4) is 5.75 Å². The summed E-state index contributed by atoms with van der Waals surface area (Å²) in [5, 5.41) is 10.8. The molecule has 0 radical (unpaired) electrons. The highest BCUT2D eigenvalue weighted by molar-refractivity contribution is 6.42. The summed E-state index contributed by atoms with van der Waals surface area (Å²) in [7, 11) is 0. The van der Waals surface area contributed by atoms with Crippen LogP contribution < -0.4 is 10.7 Å². The minimum Gasteiger partial charge on any atom is -0.508 e. The van der Waals surface area contributed by atoms with Crippen LogP contribution in [0.3, 0.4) is 0 Å². The van der Waals surface area contributed by atoms with Crippen LogP contribution in [0.15, 0.2) is 42.5 Å². The molecule has 1 aliphatic rings. The normalized spacial score (nSPS) is 20.8. The minimum absolute atomic E-state index is 0.0454. The van der Waals surface area contributed by atoms with Gasteiger partial charge in [0.15, 0.2) is 5.54 Å². The Labute approximate surface area is 147 Å². The number of carbonyl (C=O) groups excluding carboxylic acids is 2. The van der Waals surface area contributed by atoms with Crippen molar-refractivity contribution in [2.45, 2.75) is 12.5 Å². The molecular formula is C16H13Cl2N3O3. The number of benzene rings is 2. The minimum atomic E-state index is -1.41. The van der Waals surface area contributed by atoms with Crippen molar-refractivity contribution in [1.82, 2.24) is 5.01 Å². The van der Waals surface area contributed by atoms with Crippen molar-refractivity contribution in [2.24, 2.45) is 5.84 Å². The molecule has 8 heteroatoms. The molecule has 124 valence electrons. The zero-order valence-corrected chi connectivity index (χ0v) is 14.0. The number of anilines is 1. The van der Waals surface area contributed by atoms with Gasteiger partial charge in [-0.05, 0) is 42.8 Å². The number of phenolic OH excluding ortho intramolecular Hbond substituents is 1. The molecule has 3 amide bonds. The van der Waals surface area contributed by atoms with Crippen LogP contribution in [-0.4, -0.2) is 22.1 Å². The highest BCUT2D eigenvalue weighted by Gasteiger charge is 2.55. The lowest BCUT2D eigenvalue weighted by atomic mass is 9.91. The van der Waals surface area contributed by atoms with E-state index in [0.29, 0.717) is 10.6 Å². The van der Waals surface area contributed by atoms with Crippen molar-refractivity contribution in [2.75, 3.05) is 4.90 Å². The van der Waals surface area contributed by atoms with Crippen LogP contribution in [0.2, 0.25) is 10.0 Å². The second kappa shape index (κ2) is 5.66. The van der Waals surface area contributed by atoms with E-state index in [2.05, 4.69) is 0 Å². The first kappa shape index (κ1) is 16.6. The van der Waals surface area contributed by atoms with Gasteiger partial charge in [0.2, 0.25) is 0 Å². The summed E-state index contributed by atoms with van der Waals surface area (Å²) in [5.41, 5.74) is -0.655. The third kappa shape index (κ3) is 2.31. The first-order valence-corrected chi connectivity index (χ1v) is 7.70. The van der Waals surface area contributed by atoms with Crippen LogP contribution in [0.4, 0.5) is 10.5 Å². The Hall–Kier alpha value is -2.28. The van der Waals surface area contributed by atoms with Crippen molar-refractivity contribution in [1.29, 1.82) is 0 Å². The van der Waals surface area contributed by atoms with Crippen LogP contribution >= 0.6 is 23.2 Å². The molecule has 1 heterocycles. The van der Waals surface area contributed by atoms with Gasteiger partial charge in [0.25, 0.3) is 5.91 Å². The largest absolute Gasteiger partial charge is 0.508 e. The molecule has 1 saturated heterocycles. The molecule has 6 nitrogen and oxygen atoms in total. The Kier molecular flexibility index (Phi) is 3.91. The smallest absolute Gasteiger partial charge is 0.346 e. The molecule has 0 saturated carbocycles. The summed E-state index contributed by atoms with van der Waals surface area (Å²) < 4.78 is 0. The Morgan fingerprint density at radius 2 is 1.67 bits per heavy atom. The molecule has 3 rings (SSSR count). The fourth-order valence-corrected chi connectivity index (χ4v) is 2.90. The zero-order valence-electron chi connectivity index (χ0n) is 12.5. The zero-order chi connectivity index (χ0) is 17.6. The number of amides is 3. The first-order valence-electron chi connectivity index (χ1n) is 6.95. The predicted molar refractivity (Wildman–Crippen MR) is 90.8 cm³/mol. The molecule has 24 heavy (non-hydrogen) atoms. The number of phenols is 1. The second-order valence-corrected chi connectivity index (χ2v) is 6.33. The maximum absolute atomic E-state index is 13.0. The summed E-state index contributed by atoms with van der Waals surface area (Å²) in [6.07, 6.45) is 0. The Morgan fingerprint density at radius 3 is 2.25 bits per heavy atom. The van der Waals surface area contributed by atoms with Crippen LogP contribution in [0, 0.1) is 0 Å². The standard InChI is InChI=1S/C16H13Cl2N3O3/c1-16(9-2-5-11(22)6-3-9)14(23)20(15(24)21(16)19)10-4-7-12(17)13(18)8-10/h2-8,22H,19H2,1H3. The van der Waals surface area contributed by atoms with E-state index in [-0.39, 0.29) is 16.5 Å². The summed E-state index contributed by atoms with van der Waals surface area (Å²) in [6, 6.07) is 9.68. The van der Waals surface area contributed by atoms with Gasteiger partial charge in [-0.2, -0.15) is 0 Å². The molecule has 1 aliphatic heterocycles. The number of hydrogen-bond acceptors (Lipinski definition) is 4. The lowest BCUT2D eigenvalue weighted by molar-refractivity contribution is -0.124. The van der Waals surface area contributed by atoms with Crippen LogP contribution in [0.1, 0.15) is 12.5 Å². The van der Waals surface area contributed by atoms with Gasteiger partial charge in [-0.1, -0.05) is 35.3 Å². The number of halogens is 2. The van der Waals surface area contributed by atoms with E-state index < -0.39 is 17.5 Å². The van der Waals surface area contributed by atoms with Crippen LogP contribution in [-0.2, 0) is 10.3 Å². The number of carbonyl (C=O) groups is 2. The van der Waals surface area contributed by atoms with Gasteiger partial charge in [-0.25, -0.2) is 20.5 Å². The van der Waals surface area contributed by atoms with Gasteiger partial charge < -0.3 is 5.11 Å². The van der Waals surface area contributed by atoms with E-state index in [4.69, 9.17) is 29.0 Å². The van der Waals surface area contributed by atoms with E-state index in [1.165, 1.54) is 37.3 Å². The van der Waals surface area contributed by atoms with E-state index in [1.807, 2.05) is 0 Å². The highest BCUT2D eigenvalue weighted by Crippen LogP contribution is 2.39. The molecule has 3 N–H and O–H groups in total. The average molecular weight is 366 g/mol. The number of aromatic hydroxyl groups is 1. The molecule has 2 aromatic rings. The topological polar surface area (TPSA) is 86.9 Å². The summed E-state index contributed by atoms with van der Waals surface area (Å²) in [4.78, 5) is 26.5. The van der Waals surface area contributed by atoms with Gasteiger partial charge in [0.1, 0.15) is 5.75 Å². The highest BCUT2D eigenvalue weighted by atomic mass is 35.5. The second-order valence-electron chi connectivity index (χ2n) is 5.51. The molecule has 0 spiro atoms. The van der Waals surface area contributed by atoms with Gasteiger partial charge in [-0.15, -0.1) is 0 Å². The van der Waals surface area contributed by atoms with Crippen molar-refractivity contribution >= 4 is 40.8 Å². The third-order valence-electron chi connectivity index (χ3n) is 4.09. The summed E-state index contributed by atoms with van der Waals surface area (Å²) in [6.45, 7) is 1.54. The number of urea groups is 1. The van der Waals surface area contributed by atoms with Gasteiger partial charge >= 0.3 is 6.03 Å². The molecule has 0 bridgehead atoms. The maximum Gasteiger partial charge on any atom is 0.346 e. The summed E-state index contributed by atoms with van der Waals surface area (Å²) >= 11 is 11.9. The molecule has 1 unspecified atom stereocenters. The molecular weight excluding hydrogens is 353 g/mol. The lowest BCUT2D eigenvalue weighted by Gasteiger charge is -2.28. The van der Waals surface area contributed by atoms with Crippen LogP contribution in [0.5, 0.6) is 5.75 Å².